The van der Waals surface area contributed by atoms with Gasteiger partial charge in [0.25, 0.3) is 0 Å². The molecule has 0 saturated heterocycles. The minimum atomic E-state index is -0.794. The van der Waals surface area contributed by atoms with Crippen molar-refractivity contribution in [2.24, 2.45) is 0 Å². The third-order valence-electron chi connectivity index (χ3n) is 13.9. The van der Waals surface area contributed by atoms with Gasteiger partial charge in [0, 0.05) is 19.3 Å². The van der Waals surface area contributed by atoms with Gasteiger partial charge in [0.2, 0.25) is 0 Å². The van der Waals surface area contributed by atoms with E-state index in [9.17, 15) is 14.4 Å². The van der Waals surface area contributed by atoms with E-state index in [-0.39, 0.29) is 31.1 Å². The quantitative estimate of drug-likeness (QED) is 0.0261. The zero-order valence-electron chi connectivity index (χ0n) is 51.6. The molecule has 0 bridgehead atoms. The maximum Gasteiger partial charge on any atom is 0.306 e. The monoisotopic (exact) mass is 1090 g/mol. The van der Waals surface area contributed by atoms with Crippen molar-refractivity contribution < 1.29 is 28.6 Å². The largest absolute Gasteiger partial charge is 0.462 e. The van der Waals surface area contributed by atoms with Gasteiger partial charge >= 0.3 is 17.9 Å². The van der Waals surface area contributed by atoms with Crippen LogP contribution in [0, 0.1) is 0 Å². The van der Waals surface area contributed by atoms with Gasteiger partial charge in [-0.25, -0.2) is 0 Å². The number of esters is 3. The third-order valence-corrected chi connectivity index (χ3v) is 13.9. The van der Waals surface area contributed by atoms with E-state index in [0.717, 1.165) is 141 Å². The molecule has 0 aliphatic carbocycles. The molecule has 0 rings (SSSR count). The maximum absolute atomic E-state index is 12.9. The second-order valence-electron chi connectivity index (χ2n) is 21.6. The van der Waals surface area contributed by atoms with Crippen LogP contribution in [0.2, 0.25) is 0 Å². The fourth-order valence-electron chi connectivity index (χ4n) is 9.04. The van der Waals surface area contributed by atoms with Crippen LogP contribution in [0.4, 0.5) is 0 Å². The Morgan fingerprint density at radius 3 is 0.772 bits per heavy atom. The highest BCUT2D eigenvalue weighted by Crippen LogP contribution is 2.16. The summed E-state index contributed by atoms with van der Waals surface area (Å²) in [7, 11) is 0. The molecule has 0 aromatic heterocycles. The molecule has 0 aromatic carbocycles. The topological polar surface area (TPSA) is 78.9 Å². The number of hydrogen-bond acceptors (Lipinski definition) is 6. The molecule has 450 valence electrons. The lowest BCUT2D eigenvalue weighted by atomic mass is 10.0. The average molecular weight is 1100 g/mol. The number of allylic oxidation sites excluding steroid dienone is 20. The normalized spacial score (nSPS) is 12.9. The molecule has 0 aliphatic heterocycles. The van der Waals surface area contributed by atoms with Crippen LogP contribution in [-0.2, 0) is 28.6 Å². The molecule has 0 heterocycles. The predicted octanol–water partition coefficient (Wildman–Crippen LogP) is 22.8. The summed E-state index contributed by atoms with van der Waals surface area (Å²) in [5.41, 5.74) is 0. The van der Waals surface area contributed by atoms with Crippen LogP contribution in [0.5, 0.6) is 0 Å². The summed E-state index contributed by atoms with van der Waals surface area (Å²) in [5, 5.41) is 0. The summed E-state index contributed by atoms with van der Waals surface area (Å²) in [5.74, 6) is -0.908. The highest BCUT2D eigenvalue weighted by atomic mass is 16.6. The Balaban J connectivity index is 4.31. The summed E-state index contributed by atoms with van der Waals surface area (Å²) in [4.78, 5) is 38.4. The van der Waals surface area contributed by atoms with Crippen molar-refractivity contribution in [3.05, 3.63) is 122 Å². The lowest BCUT2D eigenvalue weighted by Gasteiger charge is -2.18. The van der Waals surface area contributed by atoms with Crippen LogP contribution in [0.1, 0.15) is 303 Å². The maximum atomic E-state index is 12.9. The zero-order valence-corrected chi connectivity index (χ0v) is 51.6. The van der Waals surface area contributed by atoms with E-state index in [1.165, 1.54) is 122 Å². The first-order valence-electron chi connectivity index (χ1n) is 33.0. The molecule has 0 N–H and O–H groups in total. The number of carbonyl (C=O) groups is 3. The van der Waals surface area contributed by atoms with Crippen LogP contribution in [0.3, 0.4) is 0 Å². The Hall–Kier alpha value is -4.19. The van der Waals surface area contributed by atoms with Gasteiger partial charge in [-0.3, -0.25) is 14.4 Å². The predicted molar refractivity (Wildman–Crippen MR) is 343 cm³/mol. The zero-order chi connectivity index (χ0) is 57.1. The molecule has 0 aromatic rings. The number of unbranched alkanes of at least 4 members (excludes halogenated alkanes) is 28. The standard InChI is InChI=1S/C73H122O6/c1-4-7-10-13-16-19-22-25-28-30-31-32-33-34-35-36-37-38-39-40-41-43-45-48-51-54-57-60-63-66-72(75)78-69-70(68-77-71(74)65-62-59-56-53-50-47-44-27-24-21-18-15-12-9-6-3)79-73(76)67-64-61-58-55-52-49-46-42-29-26-23-20-17-14-11-8-5-2/h7,9-10,12,16-21,25-29,31-32,34-35,44,70H,4-6,8,11,13-15,22-24,30,33,36-43,45-69H2,1-3H3/b10-7-,12-9-,19-16-,20-17-,21-18-,28-25-,29-26-,32-31-,35-34-,44-27-. The fraction of sp³-hybridized carbons (Fsp3) is 0.685. The van der Waals surface area contributed by atoms with Crippen LogP contribution in [0.15, 0.2) is 122 Å². The van der Waals surface area contributed by atoms with Crippen LogP contribution in [0.25, 0.3) is 0 Å². The molecule has 0 saturated carbocycles. The van der Waals surface area contributed by atoms with Gasteiger partial charge < -0.3 is 14.2 Å². The molecule has 6 nitrogen and oxygen atoms in total. The molecule has 79 heavy (non-hydrogen) atoms. The van der Waals surface area contributed by atoms with E-state index >= 15 is 0 Å². The minimum absolute atomic E-state index is 0.0884. The van der Waals surface area contributed by atoms with Crippen LogP contribution < -0.4 is 0 Å². The molecular weight excluding hydrogens is 973 g/mol. The second kappa shape index (κ2) is 66.3. The van der Waals surface area contributed by atoms with E-state index in [1.54, 1.807) is 0 Å². The Labute approximate surface area is 488 Å². The first-order valence-corrected chi connectivity index (χ1v) is 33.0. The number of ether oxygens (including phenoxy) is 3. The Kier molecular flexibility index (Phi) is 62.8. The summed E-state index contributed by atoms with van der Waals surface area (Å²) in [6, 6.07) is 0. The second-order valence-corrected chi connectivity index (χ2v) is 21.6. The van der Waals surface area contributed by atoms with E-state index in [4.69, 9.17) is 14.2 Å². The van der Waals surface area contributed by atoms with Gasteiger partial charge in [-0.2, -0.15) is 0 Å². The molecule has 0 fully saturated rings. The molecule has 6 heteroatoms. The molecule has 0 amide bonds. The summed E-state index contributed by atoms with van der Waals surface area (Å²) < 4.78 is 16.9. The van der Waals surface area contributed by atoms with Gasteiger partial charge in [0.1, 0.15) is 13.2 Å². The highest BCUT2D eigenvalue weighted by Gasteiger charge is 2.19. The minimum Gasteiger partial charge on any atom is -0.462 e. The highest BCUT2D eigenvalue weighted by molar-refractivity contribution is 5.71. The van der Waals surface area contributed by atoms with E-state index in [1.807, 2.05) is 0 Å². The van der Waals surface area contributed by atoms with E-state index in [0.29, 0.717) is 19.3 Å². The van der Waals surface area contributed by atoms with Crippen molar-refractivity contribution in [3.8, 4) is 0 Å². The summed E-state index contributed by atoms with van der Waals surface area (Å²) in [6.45, 7) is 6.39. The molecular formula is C73H122O6. The van der Waals surface area contributed by atoms with Crippen molar-refractivity contribution in [1.29, 1.82) is 0 Å². The van der Waals surface area contributed by atoms with Gasteiger partial charge in [0.15, 0.2) is 6.10 Å². The molecule has 0 spiro atoms. The first-order chi connectivity index (χ1) is 39.0. The van der Waals surface area contributed by atoms with Crippen molar-refractivity contribution in [2.45, 2.75) is 309 Å². The number of carbonyl (C=O) groups excluding carboxylic acids is 3. The van der Waals surface area contributed by atoms with Crippen molar-refractivity contribution >= 4 is 17.9 Å². The summed E-state index contributed by atoms with van der Waals surface area (Å²) >= 11 is 0. The van der Waals surface area contributed by atoms with Crippen LogP contribution >= 0.6 is 0 Å². The third kappa shape index (κ3) is 64.5. The summed E-state index contributed by atoms with van der Waals surface area (Å²) in [6.07, 6.45) is 92.1. The Bertz CT molecular complexity index is 1640. The van der Waals surface area contributed by atoms with Gasteiger partial charge in [0.05, 0.1) is 0 Å². The molecule has 0 aliphatic rings. The fourth-order valence-corrected chi connectivity index (χ4v) is 9.04. The number of hydrogen-bond donors (Lipinski definition) is 0. The Morgan fingerprint density at radius 1 is 0.266 bits per heavy atom. The lowest BCUT2D eigenvalue weighted by molar-refractivity contribution is -0.167. The Morgan fingerprint density at radius 2 is 0.494 bits per heavy atom. The van der Waals surface area contributed by atoms with E-state index < -0.39 is 6.10 Å². The molecule has 1 unspecified atom stereocenters. The van der Waals surface area contributed by atoms with Crippen molar-refractivity contribution in [2.75, 3.05) is 13.2 Å². The van der Waals surface area contributed by atoms with E-state index in [2.05, 4.69) is 142 Å². The molecule has 1 atom stereocenters. The van der Waals surface area contributed by atoms with Crippen molar-refractivity contribution in [1.82, 2.24) is 0 Å². The first kappa shape index (κ1) is 74.8. The molecule has 0 radical (unpaired) electrons. The average Bonchev–Trinajstić information content (AvgIpc) is 3.45. The van der Waals surface area contributed by atoms with Gasteiger partial charge in [-0.05, 0) is 128 Å². The van der Waals surface area contributed by atoms with Gasteiger partial charge in [-0.15, -0.1) is 0 Å². The van der Waals surface area contributed by atoms with Crippen molar-refractivity contribution in [3.63, 3.8) is 0 Å². The van der Waals surface area contributed by atoms with Gasteiger partial charge in [-0.1, -0.05) is 277 Å². The smallest absolute Gasteiger partial charge is 0.306 e. The van der Waals surface area contributed by atoms with Crippen LogP contribution in [-0.4, -0.2) is 37.2 Å². The lowest BCUT2D eigenvalue weighted by Crippen LogP contribution is -2.30. The SMILES string of the molecule is CC/C=C\C/C=C\C/C=C\C/C=C\C/C=C\CCCCCCCCCCCCCCCC(=O)OCC(COC(=O)CCCCCCC/C=C\C/C=C\C/C=C\CC)OC(=O)CCCCCCCCC/C=C\C/C=C\CCCCC. The number of rotatable bonds is 59.